The molecule has 11 heteroatoms. The van der Waals surface area contributed by atoms with Gasteiger partial charge in [-0.15, -0.1) is 0 Å². The molecule has 0 amide bonds. The fraction of sp³-hybridized carbons (Fsp3) is 0.400. The van der Waals surface area contributed by atoms with Crippen LogP contribution in [0.5, 0.6) is 5.75 Å². The summed E-state index contributed by atoms with van der Waals surface area (Å²) in [5.41, 5.74) is -0.465. The smallest absolute Gasteiger partial charge is 0.271 e. The SMILES string of the molecule is CCS(=O)(=O)CCOc1ccc([N+](=O)[O-])cc1S(N)(=O)=O. The molecule has 1 aromatic carbocycles. The lowest BCUT2D eigenvalue weighted by molar-refractivity contribution is -0.385. The van der Waals surface area contributed by atoms with E-state index in [2.05, 4.69) is 0 Å². The van der Waals surface area contributed by atoms with Gasteiger partial charge in [-0.2, -0.15) is 0 Å². The lowest BCUT2D eigenvalue weighted by atomic mass is 10.3. The molecule has 0 atom stereocenters. The summed E-state index contributed by atoms with van der Waals surface area (Å²) < 4.78 is 50.5. The molecule has 9 nitrogen and oxygen atoms in total. The van der Waals surface area contributed by atoms with Crippen molar-refractivity contribution in [1.29, 1.82) is 0 Å². The summed E-state index contributed by atoms with van der Waals surface area (Å²) in [7, 11) is -7.51. The standard InChI is InChI=1S/C10H14N2O7S2/c1-2-20(15,16)6-5-19-9-4-3-8(12(13)14)7-10(9)21(11,17)18/h3-4,7H,2,5-6H2,1H3,(H2,11,17,18). The van der Waals surface area contributed by atoms with Crippen LogP contribution in [-0.4, -0.2) is 39.9 Å². The third kappa shape index (κ3) is 4.95. The number of ether oxygens (including phenoxy) is 1. The summed E-state index contributed by atoms with van der Waals surface area (Å²) in [6, 6.07) is 2.87. The Morgan fingerprint density at radius 3 is 2.38 bits per heavy atom. The van der Waals surface area contributed by atoms with Crippen molar-refractivity contribution in [3.63, 3.8) is 0 Å². The molecule has 0 fully saturated rings. The van der Waals surface area contributed by atoms with Gasteiger partial charge >= 0.3 is 0 Å². The molecule has 2 N–H and O–H groups in total. The number of non-ortho nitro benzene ring substituents is 1. The van der Waals surface area contributed by atoms with Crippen molar-refractivity contribution >= 4 is 25.5 Å². The number of hydrogen-bond acceptors (Lipinski definition) is 7. The Morgan fingerprint density at radius 1 is 1.29 bits per heavy atom. The number of rotatable bonds is 7. The third-order valence-corrected chi connectivity index (χ3v) is 5.14. The molecule has 21 heavy (non-hydrogen) atoms. The number of benzene rings is 1. The number of nitrogens with two attached hydrogens (primary N) is 1. The van der Waals surface area contributed by atoms with Crippen molar-refractivity contribution < 1.29 is 26.5 Å². The van der Waals surface area contributed by atoms with E-state index in [0.717, 1.165) is 18.2 Å². The molecule has 1 rings (SSSR count). The molecule has 0 aromatic heterocycles. The van der Waals surface area contributed by atoms with Gasteiger partial charge in [0.15, 0.2) is 9.84 Å². The molecule has 0 aliphatic rings. The maximum atomic E-state index is 11.4. The Hall–Kier alpha value is -1.72. The first-order valence-electron chi connectivity index (χ1n) is 5.71. The van der Waals surface area contributed by atoms with Gasteiger partial charge in [-0.25, -0.2) is 22.0 Å². The molecule has 118 valence electrons. The predicted octanol–water partition coefficient (Wildman–Crippen LogP) is 0.0557. The number of nitrogens with zero attached hydrogens (tertiary/aromatic N) is 1. The van der Waals surface area contributed by atoms with E-state index in [4.69, 9.17) is 9.88 Å². The normalized spacial score (nSPS) is 12.1. The summed E-state index contributed by atoms with van der Waals surface area (Å²) in [5.74, 6) is -0.599. The van der Waals surface area contributed by atoms with Crippen LogP contribution in [0.15, 0.2) is 23.1 Å². The molecule has 0 saturated carbocycles. The van der Waals surface area contributed by atoms with Gasteiger partial charge in [0.2, 0.25) is 10.0 Å². The van der Waals surface area contributed by atoms with Gasteiger partial charge in [0.1, 0.15) is 17.3 Å². The fourth-order valence-electron chi connectivity index (χ4n) is 1.37. The Morgan fingerprint density at radius 2 is 1.90 bits per heavy atom. The van der Waals surface area contributed by atoms with Crippen LogP contribution in [0.2, 0.25) is 0 Å². The number of sulfonamides is 1. The van der Waals surface area contributed by atoms with E-state index in [1.807, 2.05) is 0 Å². The summed E-state index contributed by atoms with van der Waals surface area (Å²) in [6.07, 6.45) is 0. The van der Waals surface area contributed by atoms with Crippen molar-refractivity contribution in [2.24, 2.45) is 5.14 Å². The number of hydrogen-bond donors (Lipinski definition) is 1. The van der Waals surface area contributed by atoms with Gasteiger partial charge in [-0.1, -0.05) is 6.92 Å². The quantitative estimate of drug-likeness (QED) is 0.546. The van der Waals surface area contributed by atoms with Crippen LogP contribution in [0.3, 0.4) is 0 Å². The van der Waals surface area contributed by atoms with Gasteiger partial charge in [-0.3, -0.25) is 10.1 Å². The van der Waals surface area contributed by atoms with Crippen molar-refractivity contribution in [3.8, 4) is 5.75 Å². The van der Waals surface area contributed by atoms with E-state index in [1.165, 1.54) is 6.92 Å². The third-order valence-electron chi connectivity index (χ3n) is 2.54. The summed E-state index contributed by atoms with van der Waals surface area (Å²) in [4.78, 5) is 9.28. The topological polar surface area (TPSA) is 147 Å². The molecule has 0 spiro atoms. The largest absolute Gasteiger partial charge is 0.491 e. The highest BCUT2D eigenvalue weighted by Gasteiger charge is 2.20. The Labute approximate surface area is 121 Å². The minimum atomic E-state index is -4.24. The van der Waals surface area contributed by atoms with Crippen LogP contribution in [0.25, 0.3) is 0 Å². The zero-order valence-corrected chi connectivity index (χ0v) is 12.7. The van der Waals surface area contributed by atoms with Crippen LogP contribution >= 0.6 is 0 Å². The van der Waals surface area contributed by atoms with Crippen molar-refractivity contribution in [2.45, 2.75) is 11.8 Å². The number of primary sulfonamides is 1. The van der Waals surface area contributed by atoms with Gasteiger partial charge < -0.3 is 4.74 Å². The van der Waals surface area contributed by atoms with Gasteiger partial charge in [0, 0.05) is 17.9 Å². The second kappa shape index (κ2) is 6.37. The first-order chi connectivity index (χ1) is 9.57. The van der Waals surface area contributed by atoms with Crippen LogP contribution < -0.4 is 9.88 Å². The van der Waals surface area contributed by atoms with Crippen molar-refractivity contribution in [3.05, 3.63) is 28.3 Å². The molecular weight excluding hydrogens is 324 g/mol. The van der Waals surface area contributed by atoms with Crippen molar-refractivity contribution in [1.82, 2.24) is 0 Å². The second-order valence-corrected chi connectivity index (χ2v) is 8.02. The number of nitro groups is 1. The van der Waals surface area contributed by atoms with E-state index in [9.17, 15) is 26.9 Å². The average molecular weight is 338 g/mol. The number of nitro benzene ring substituents is 1. The molecule has 0 heterocycles. The molecule has 0 aliphatic heterocycles. The minimum Gasteiger partial charge on any atom is -0.491 e. The Balaban J connectivity index is 3.05. The average Bonchev–Trinajstić information content (AvgIpc) is 2.37. The summed E-state index contributed by atoms with van der Waals surface area (Å²) >= 11 is 0. The summed E-state index contributed by atoms with van der Waals surface area (Å²) in [5, 5.41) is 15.6. The summed E-state index contributed by atoms with van der Waals surface area (Å²) in [6.45, 7) is 1.19. The molecule has 0 radical (unpaired) electrons. The van der Waals surface area contributed by atoms with Gasteiger partial charge in [0.05, 0.1) is 10.7 Å². The first-order valence-corrected chi connectivity index (χ1v) is 9.08. The van der Waals surface area contributed by atoms with Crippen LogP contribution in [0, 0.1) is 10.1 Å². The second-order valence-electron chi connectivity index (χ2n) is 4.02. The fourth-order valence-corrected chi connectivity index (χ4v) is 2.69. The molecular formula is C10H14N2O7S2. The zero-order chi connectivity index (χ0) is 16.3. The maximum absolute atomic E-state index is 11.4. The molecule has 0 bridgehead atoms. The van der Waals surface area contributed by atoms with E-state index in [0.29, 0.717) is 0 Å². The van der Waals surface area contributed by atoms with E-state index in [1.54, 1.807) is 0 Å². The van der Waals surface area contributed by atoms with Crippen LogP contribution in [0.1, 0.15) is 6.92 Å². The highest BCUT2D eigenvalue weighted by Crippen LogP contribution is 2.27. The Kier molecular flexibility index (Phi) is 5.25. The predicted molar refractivity (Wildman–Crippen MR) is 74.3 cm³/mol. The van der Waals surface area contributed by atoms with E-state index < -0.39 is 35.4 Å². The monoisotopic (exact) mass is 338 g/mol. The minimum absolute atomic E-state index is 0.0708. The molecule has 0 aliphatic carbocycles. The van der Waals surface area contributed by atoms with Gasteiger partial charge in [-0.05, 0) is 6.07 Å². The highest BCUT2D eigenvalue weighted by atomic mass is 32.2. The Bertz CT molecular complexity index is 741. The highest BCUT2D eigenvalue weighted by molar-refractivity contribution is 7.91. The lowest BCUT2D eigenvalue weighted by Crippen LogP contribution is -2.18. The molecule has 1 aromatic rings. The maximum Gasteiger partial charge on any atom is 0.271 e. The van der Waals surface area contributed by atoms with Gasteiger partial charge in [0.25, 0.3) is 5.69 Å². The van der Waals surface area contributed by atoms with E-state index >= 15 is 0 Å². The van der Waals surface area contributed by atoms with Crippen LogP contribution in [-0.2, 0) is 19.9 Å². The number of sulfone groups is 1. The van der Waals surface area contributed by atoms with Crippen LogP contribution in [0.4, 0.5) is 5.69 Å². The lowest BCUT2D eigenvalue weighted by Gasteiger charge is -2.10. The van der Waals surface area contributed by atoms with Crippen molar-refractivity contribution in [2.75, 3.05) is 18.1 Å². The van der Waals surface area contributed by atoms with E-state index in [-0.39, 0.29) is 23.9 Å². The molecule has 0 unspecified atom stereocenters. The zero-order valence-electron chi connectivity index (χ0n) is 11.1. The molecule has 0 saturated heterocycles. The first kappa shape index (κ1) is 17.3.